The largest absolute Gasteiger partial charge is 0.756 e. The predicted octanol–water partition coefficient (Wildman–Crippen LogP) is 9.13. The van der Waals surface area contributed by atoms with Crippen molar-refractivity contribution in [3.63, 3.8) is 0 Å². The highest BCUT2D eigenvalue weighted by atomic mass is 31.2. The van der Waals surface area contributed by atoms with Gasteiger partial charge in [0.05, 0.1) is 34.4 Å². The van der Waals surface area contributed by atoms with Gasteiger partial charge in [0.25, 0.3) is 7.82 Å². The van der Waals surface area contributed by atoms with E-state index in [9.17, 15) is 14.3 Å². The highest BCUT2D eigenvalue weighted by Crippen LogP contribution is 2.38. The van der Waals surface area contributed by atoms with E-state index >= 15 is 0 Å². The number of carbonyl (C=O) groups is 1. The van der Waals surface area contributed by atoms with Crippen LogP contribution >= 0.6 is 7.82 Å². The summed E-state index contributed by atoms with van der Waals surface area (Å²) in [5, 5.41) is 0. The maximum Gasteiger partial charge on any atom is 0.303 e. The number of unbranched alkanes of at least 4 members (excludes halogenated alkanes) is 22. The summed E-state index contributed by atoms with van der Waals surface area (Å²) in [5.41, 5.74) is 0. The van der Waals surface area contributed by atoms with Crippen LogP contribution in [0, 0.1) is 0 Å². The van der Waals surface area contributed by atoms with Crippen molar-refractivity contribution in [1.29, 1.82) is 0 Å². The first-order valence-corrected chi connectivity index (χ1v) is 19.7. The number of nitrogens with zero attached hydrogens (tertiary/aromatic N) is 1. The van der Waals surface area contributed by atoms with E-state index in [0.717, 1.165) is 12.8 Å². The van der Waals surface area contributed by atoms with Crippen molar-refractivity contribution in [3.05, 3.63) is 0 Å². The van der Waals surface area contributed by atoms with Gasteiger partial charge in [-0.3, -0.25) is 9.36 Å². The summed E-state index contributed by atoms with van der Waals surface area (Å²) in [7, 11) is 1.36. The van der Waals surface area contributed by atoms with E-state index in [1.165, 1.54) is 142 Å². The van der Waals surface area contributed by atoms with E-state index in [1.807, 2.05) is 21.1 Å². The van der Waals surface area contributed by atoms with Gasteiger partial charge in [0.2, 0.25) is 0 Å². The second-order valence-electron chi connectivity index (χ2n) is 13.7. The Kier molecular flexibility index (Phi) is 29.5. The zero-order valence-corrected chi connectivity index (χ0v) is 30.5. The molecule has 0 fully saturated rings. The number of hydrogen-bond donors (Lipinski definition) is 0. The monoisotopic (exact) mass is 650 g/mol. The highest BCUT2D eigenvalue weighted by Gasteiger charge is 2.19. The Labute approximate surface area is 272 Å². The normalized spacial score (nSPS) is 14.0. The zero-order chi connectivity index (χ0) is 32.8. The Morgan fingerprint density at radius 1 is 0.614 bits per heavy atom. The number of ether oxygens (including phenoxy) is 2. The van der Waals surface area contributed by atoms with E-state index < -0.39 is 19.9 Å². The van der Waals surface area contributed by atoms with Crippen molar-refractivity contribution in [2.24, 2.45) is 0 Å². The maximum absolute atomic E-state index is 12.0. The van der Waals surface area contributed by atoms with Gasteiger partial charge < -0.3 is 27.9 Å². The Hall–Kier alpha value is -0.500. The van der Waals surface area contributed by atoms with Crippen LogP contribution in [-0.2, 0) is 27.9 Å². The topological polar surface area (TPSA) is 94.1 Å². The number of hydrogen-bond acceptors (Lipinski definition) is 7. The molecule has 0 saturated heterocycles. The number of esters is 1. The number of rotatable bonds is 34. The molecule has 0 radical (unpaired) electrons. The maximum atomic E-state index is 12.0. The summed E-state index contributed by atoms with van der Waals surface area (Å²) < 4.78 is 33.2. The van der Waals surface area contributed by atoms with Crippen molar-refractivity contribution in [2.45, 2.75) is 168 Å². The molecule has 264 valence electrons. The molecule has 0 amide bonds. The molecule has 0 saturated carbocycles. The lowest BCUT2D eigenvalue weighted by atomic mass is 10.0. The Balaban J connectivity index is 3.53. The predicted molar refractivity (Wildman–Crippen MR) is 181 cm³/mol. The molecular formula is C35H72NO7P. The van der Waals surface area contributed by atoms with Crippen LogP contribution < -0.4 is 4.89 Å². The van der Waals surface area contributed by atoms with Crippen molar-refractivity contribution < 1.29 is 37.3 Å². The fourth-order valence-electron chi connectivity index (χ4n) is 5.19. The van der Waals surface area contributed by atoms with Gasteiger partial charge in [0.15, 0.2) is 0 Å². The molecule has 0 spiro atoms. The van der Waals surface area contributed by atoms with E-state index in [1.54, 1.807) is 0 Å². The summed E-state index contributed by atoms with van der Waals surface area (Å²) in [6.07, 6.45) is 30.5. The number of likely N-dealkylation sites (N-methyl/N-ethyl adjacent to an activating group) is 1. The molecule has 0 aromatic heterocycles. The first-order valence-electron chi connectivity index (χ1n) is 18.2. The van der Waals surface area contributed by atoms with Crippen LogP contribution in [0.2, 0.25) is 0 Å². The second kappa shape index (κ2) is 29.9. The first kappa shape index (κ1) is 43.5. The molecule has 2 unspecified atom stereocenters. The number of quaternary nitrogens is 1. The van der Waals surface area contributed by atoms with Crippen LogP contribution in [-0.4, -0.2) is 70.7 Å². The minimum Gasteiger partial charge on any atom is -0.756 e. The number of carbonyl (C=O) groups excluding carboxylic acids is 1. The van der Waals surface area contributed by atoms with Gasteiger partial charge in [0, 0.05) is 13.5 Å². The van der Waals surface area contributed by atoms with E-state index in [2.05, 4.69) is 6.92 Å². The SMILES string of the molecule is CCCCCCCCCCCCCCCCCCCCCCCCCOCC(COP(=O)([O-])OCC[N+](C)(C)C)OC(C)=O. The Bertz CT molecular complexity index is 686. The molecule has 0 N–H and O–H groups in total. The van der Waals surface area contributed by atoms with Gasteiger partial charge in [-0.05, 0) is 6.42 Å². The van der Waals surface area contributed by atoms with E-state index in [0.29, 0.717) is 17.6 Å². The number of phosphoric acid groups is 1. The molecule has 0 aromatic carbocycles. The Morgan fingerprint density at radius 2 is 1.00 bits per heavy atom. The first-order chi connectivity index (χ1) is 21.1. The van der Waals surface area contributed by atoms with Crippen LogP contribution in [0.15, 0.2) is 0 Å². The lowest BCUT2D eigenvalue weighted by molar-refractivity contribution is -0.870. The summed E-state index contributed by atoms with van der Waals surface area (Å²) in [4.78, 5) is 23.4. The van der Waals surface area contributed by atoms with Crippen molar-refractivity contribution in [1.82, 2.24) is 0 Å². The van der Waals surface area contributed by atoms with Gasteiger partial charge in [-0.1, -0.05) is 148 Å². The molecule has 0 heterocycles. The minimum atomic E-state index is -4.47. The van der Waals surface area contributed by atoms with Crippen molar-refractivity contribution in [2.75, 3.05) is 54.1 Å². The Morgan fingerprint density at radius 3 is 1.36 bits per heavy atom. The molecular weight excluding hydrogens is 577 g/mol. The number of phosphoric ester groups is 1. The van der Waals surface area contributed by atoms with Crippen LogP contribution in [0.3, 0.4) is 0 Å². The molecule has 0 aliphatic heterocycles. The molecule has 0 aliphatic rings. The highest BCUT2D eigenvalue weighted by molar-refractivity contribution is 7.45. The molecule has 8 nitrogen and oxygen atoms in total. The van der Waals surface area contributed by atoms with Gasteiger partial charge in [-0.25, -0.2) is 0 Å². The molecule has 0 aliphatic carbocycles. The molecule has 0 bridgehead atoms. The molecule has 0 rings (SSSR count). The smallest absolute Gasteiger partial charge is 0.303 e. The van der Waals surface area contributed by atoms with Crippen molar-refractivity contribution in [3.8, 4) is 0 Å². The van der Waals surface area contributed by atoms with Gasteiger partial charge in [-0.15, -0.1) is 0 Å². The summed E-state index contributed by atoms with van der Waals surface area (Å²) in [5.74, 6) is -0.506. The molecule has 0 aromatic rings. The van der Waals surface area contributed by atoms with Gasteiger partial charge >= 0.3 is 5.97 Å². The van der Waals surface area contributed by atoms with Crippen LogP contribution in [0.5, 0.6) is 0 Å². The van der Waals surface area contributed by atoms with Gasteiger partial charge in [-0.2, -0.15) is 0 Å². The van der Waals surface area contributed by atoms with Crippen molar-refractivity contribution >= 4 is 13.8 Å². The standard InChI is InChI=1S/C35H72NO7P/c1-6-7-8-9-10-11-12-13-14-15-16-17-18-19-20-21-22-23-24-25-26-27-28-30-40-32-35(43-34(2)37)33-42-44(38,39)41-31-29-36(3,4)5/h35H,6-33H2,1-5H3. The third kappa shape index (κ3) is 34.4. The fourth-order valence-corrected chi connectivity index (χ4v) is 5.92. The average molecular weight is 650 g/mol. The minimum absolute atomic E-state index is 0.0263. The third-order valence-corrected chi connectivity index (χ3v) is 8.92. The van der Waals surface area contributed by atoms with Crippen LogP contribution in [0.25, 0.3) is 0 Å². The lowest BCUT2D eigenvalue weighted by Gasteiger charge is -2.28. The average Bonchev–Trinajstić information content (AvgIpc) is 2.94. The van der Waals surface area contributed by atoms with Crippen LogP contribution in [0.1, 0.15) is 162 Å². The zero-order valence-electron chi connectivity index (χ0n) is 29.6. The summed E-state index contributed by atoms with van der Waals surface area (Å²) >= 11 is 0. The lowest BCUT2D eigenvalue weighted by Crippen LogP contribution is -2.37. The quantitative estimate of drug-likeness (QED) is 0.0297. The fraction of sp³-hybridized carbons (Fsp3) is 0.971. The summed E-state index contributed by atoms with van der Waals surface area (Å²) in [6.45, 7) is 4.44. The van der Waals surface area contributed by atoms with Crippen LogP contribution in [0.4, 0.5) is 0 Å². The van der Waals surface area contributed by atoms with E-state index in [4.69, 9.17) is 18.5 Å². The van der Waals surface area contributed by atoms with Gasteiger partial charge in [0.1, 0.15) is 19.3 Å². The van der Waals surface area contributed by atoms with E-state index in [-0.39, 0.29) is 19.8 Å². The summed E-state index contributed by atoms with van der Waals surface area (Å²) in [6, 6.07) is 0. The molecule has 44 heavy (non-hydrogen) atoms. The molecule has 9 heteroatoms. The molecule has 2 atom stereocenters. The second-order valence-corrected chi connectivity index (χ2v) is 15.1. The third-order valence-electron chi connectivity index (χ3n) is 7.96.